The van der Waals surface area contributed by atoms with Gasteiger partial charge in [0.2, 0.25) is 5.95 Å². The van der Waals surface area contributed by atoms with Crippen LogP contribution in [-0.2, 0) is 0 Å². The summed E-state index contributed by atoms with van der Waals surface area (Å²) in [6.07, 6.45) is 3.37. The van der Waals surface area contributed by atoms with Gasteiger partial charge in [-0.1, -0.05) is 42.5 Å². The number of amides is 1. The highest BCUT2D eigenvalue weighted by Gasteiger charge is 2.46. The molecule has 5 rings (SSSR count). The van der Waals surface area contributed by atoms with Crippen molar-refractivity contribution < 1.29 is 4.79 Å². The Morgan fingerprint density at radius 1 is 1.00 bits per heavy atom. The molecule has 6 heteroatoms. The zero-order valence-corrected chi connectivity index (χ0v) is 16.0. The number of aromatic nitrogens is 2. The fraction of sp³-hybridized carbons (Fsp3) is 0.261. The van der Waals surface area contributed by atoms with E-state index in [-0.39, 0.29) is 17.9 Å². The smallest absolute Gasteiger partial charge is 0.254 e. The van der Waals surface area contributed by atoms with E-state index < -0.39 is 0 Å². The number of hydrogen-bond acceptors (Lipinski definition) is 5. The van der Waals surface area contributed by atoms with Crippen LogP contribution in [0.5, 0.6) is 0 Å². The van der Waals surface area contributed by atoms with Gasteiger partial charge in [0.05, 0.1) is 6.04 Å². The molecule has 3 aromatic rings. The summed E-state index contributed by atoms with van der Waals surface area (Å²) in [6.45, 7) is 2.71. The van der Waals surface area contributed by atoms with Crippen LogP contribution in [0.15, 0.2) is 67.0 Å². The van der Waals surface area contributed by atoms with Gasteiger partial charge in [0.15, 0.2) is 0 Å². The predicted molar refractivity (Wildman–Crippen MR) is 112 cm³/mol. The highest BCUT2D eigenvalue weighted by atomic mass is 16.2. The Morgan fingerprint density at radius 3 is 2.59 bits per heavy atom. The summed E-state index contributed by atoms with van der Waals surface area (Å²) in [4.78, 5) is 23.7. The molecule has 2 saturated heterocycles. The molecule has 0 aliphatic carbocycles. The Hall–Kier alpha value is -3.25. The minimum Gasteiger partial charge on any atom is -0.368 e. The number of nitrogens with zero attached hydrogens (tertiary/aromatic N) is 3. The summed E-state index contributed by atoms with van der Waals surface area (Å²) in [5, 5.41) is 3.50. The summed E-state index contributed by atoms with van der Waals surface area (Å²) in [5.41, 5.74) is 9.24. The zero-order chi connectivity index (χ0) is 19.8. The third-order valence-electron chi connectivity index (χ3n) is 6.08. The number of nitrogens with one attached hydrogen (secondary N) is 1. The summed E-state index contributed by atoms with van der Waals surface area (Å²) in [6, 6.07) is 18.2. The molecule has 6 nitrogen and oxygen atoms in total. The molecule has 0 unspecified atom stereocenters. The van der Waals surface area contributed by atoms with Crippen LogP contribution < -0.4 is 11.1 Å². The standard InChI is InChI=1S/C23H23N5O/c24-23-26-11-18(12-27-23)16-7-4-8-17(9-16)22(29)28-14-19-10-25-13-20(19)21(28)15-5-2-1-3-6-15/h1-9,11-12,19-21,25H,10,13-14H2,(H2,24,26,27)/t19-,20-,21+/m0/s1. The Bertz CT molecular complexity index is 1020. The third kappa shape index (κ3) is 3.25. The first kappa shape index (κ1) is 17.8. The molecule has 2 aliphatic heterocycles. The van der Waals surface area contributed by atoms with E-state index in [4.69, 9.17) is 5.73 Å². The van der Waals surface area contributed by atoms with E-state index in [1.54, 1.807) is 12.4 Å². The van der Waals surface area contributed by atoms with Gasteiger partial charge in [-0.2, -0.15) is 0 Å². The maximum absolute atomic E-state index is 13.6. The molecule has 1 aromatic heterocycles. The molecule has 2 aromatic carbocycles. The Kier molecular flexibility index (Phi) is 4.48. The predicted octanol–water partition coefficient (Wildman–Crippen LogP) is 2.76. The molecule has 3 heterocycles. The van der Waals surface area contributed by atoms with Crippen LogP contribution in [0.3, 0.4) is 0 Å². The Balaban J connectivity index is 1.48. The first-order chi connectivity index (χ1) is 14.2. The van der Waals surface area contributed by atoms with E-state index in [1.165, 1.54) is 5.56 Å². The first-order valence-electron chi connectivity index (χ1n) is 9.95. The lowest BCUT2D eigenvalue weighted by atomic mass is 9.89. The van der Waals surface area contributed by atoms with Crippen molar-refractivity contribution in [2.45, 2.75) is 6.04 Å². The molecule has 146 valence electrons. The third-order valence-corrected chi connectivity index (χ3v) is 6.08. The lowest BCUT2D eigenvalue weighted by Crippen LogP contribution is -2.34. The second kappa shape index (κ2) is 7.29. The van der Waals surface area contributed by atoms with E-state index in [1.807, 2.05) is 30.3 Å². The van der Waals surface area contributed by atoms with Gasteiger partial charge >= 0.3 is 0 Å². The number of carbonyl (C=O) groups is 1. The van der Waals surface area contributed by atoms with Gasteiger partial charge in [0.25, 0.3) is 5.91 Å². The van der Waals surface area contributed by atoms with Gasteiger partial charge < -0.3 is 16.0 Å². The van der Waals surface area contributed by atoms with E-state index in [2.05, 4.69) is 44.5 Å². The van der Waals surface area contributed by atoms with Crippen LogP contribution in [0, 0.1) is 11.8 Å². The number of hydrogen-bond donors (Lipinski definition) is 2. The molecular formula is C23H23N5O. The van der Waals surface area contributed by atoms with Crippen molar-refractivity contribution in [2.24, 2.45) is 11.8 Å². The van der Waals surface area contributed by atoms with E-state index in [0.29, 0.717) is 17.4 Å². The van der Waals surface area contributed by atoms with Gasteiger partial charge in [-0.3, -0.25) is 4.79 Å². The number of carbonyl (C=O) groups excluding carboxylic acids is 1. The van der Waals surface area contributed by atoms with Crippen molar-refractivity contribution in [2.75, 3.05) is 25.4 Å². The van der Waals surface area contributed by atoms with Crippen molar-refractivity contribution in [3.63, 3.8) is 0 Å². The lowest BCUT2D eigenvalue weighted by molar-refractivity contribution is 0.0714. The average molecular weight is 385 g/mol. The molecular weight excluding hydrogens is 362 g/mol. The number of anilines is 1. The van der Waals surface area contributed by atoms with Crippen LogP contribution in [-0.4, -0.2) is 40.4 Å². The first-order valence-corrected chi connectivity index (χ1v) is 9.95. The lowest BCUT2D eigenvalue weighted by Gasteiger charge is -2.28. The molecule has 3 atom stereocenters. The van der Waals surface area contributed by atoms with Crippen LogP contribution >= 0.6 is 0 Å². The highest BCUT2D eigenvalue weighted by Crippen LogP contribution is 2.43. The maximum Gasteiger partial charge on any atom is 0.254 e. The minimum absolute atomic E-state index is 0.0754. The van der Waals surface area contributed by atoms with Crippen LogP contribution in [0.1, 0.15) is 22.0 Å². The number of likely N-dealkylation sites (tertiary alicyclic amines) is 1. The van der Waals surface area contributed by atoms with Gasteiger partial charge in [-0.05, 0) is 29.2 Å². The van der Waals surface area contributed by atoms with Gasteiger partial charge in [-0.15, -0.1) is 0 Å². The van der Waals surface area contributed by atoms with Crippen molar-refractivity contribution in [3.05, 3.63) is 78.1 Å². The molecule has 0 spiro atoms. The van der Waals surface area contributed by atoms with Gasteiger partial charge in [0.1, 0.15) is 0 Å². The number of nitrogen functional groups attached to an aromatic ring is 1. The molecule has 29 heavy (non-hydrogen) atoms. The molecule has 2 fully saturated rings. The van der Waals surface area contributed by atoms with E-state index in [9.17, 15) is 4.79 Å². The number of rotatable bonds is 3. The zero-order valence-electron chi connectivity index (χ0n) is 16.0. The molecule has 0 saturated carbocycles. The molecule has 0 bridgehead atoms. The van der Waals surface area contributed by atoms with E-state index >= 15 is 0 Å². The van der Waals surface area contributed by atoms with Crippen molar-refractivity contribution in [3.8, 4) is 11.1 Å². The maximum atomic E-state index is 13.6. The average Bonchev–Trinajstić information content (AvgIpc) is 3.36. The quantitative estimate of drug-likeness (QED) is 0.724. The SMILES string of the molecule is Nc1ncc(-c2cccc(C(=O)N3C[C@@H]4CNC[C@@H]4[C@H]3c3ccccc3)c2)cn1. The van der Waals surface area contributed by atoms with Crippen LogP contribution in [0.2, 0.25) is 0 Å². The Morgan fingerprint density at radius 2 is 1.79 bits per heavy atom. The Labute approximate surface area is 169 Å². The van der Waals surface area contributed by atoms with Crippen molar-refractivity contribution in [1.29, 1.82) is 0 Å². The highest BCUT2D eigenvalue weighted by molar-refractivity contribution is 5.96. The molecule has 1 amide bonds. The second-order valence-corrected chi connectivity index (χ2v) is 7.81. The van der Waals surface area contributed by atoms with Crippen molar-refractivity contribution >= 4 is 11.9 Å². The summed E-state index contributed by atoms with van der Waals surface area (Å²) >= 11 is 0. The summed E-state index contributed by atoms with van der Waals surface area (Å²) < 4.78 is 0. The van der Waals surface area contributed by atoms with Gasteiger partial charge in [-0.25, -0.2) is 9.97 Å². The summed E-state index contributed by atoms with van der Waals surface area (Å²) in [7, 11) is 0. The second-order valence-electron chi connectivity index (χ2n) is 7.81. The summed E-state index contributed by atoms with van der Waals surface area (Å²) in [5.74, 6) is 1.27. The molecule has 0 radical (unpaired) electrons. The number of fused-ring (bicyclic) bond motifs is 1. The monoisotopic (exact) mass is 385 g/mol. The molecule has 2 aliphatic rings. The number of benzene rings is 2. The largest absolute Gasteiger partial charge is 0.368 e. The minimum atomic E-state index is 0.0754. The number of nitrogens with two attached hydrogens (primary N) is 1. The fourth-order valence-electron chi connectivity index (χ4n) is 4.69. The fourth-order valence-corrected chi connectivity index (χ4v) is 4.69. The van der Waals surface area contributed by atoms with Crippen molar-refractivity contribution in [1.82, 2.24) is 20.2 Å². The van der Waals surface area contributed by atoms with E-state index in [0.717, 1.165) is 30.8 Å². The van der Waals surface area contributed by atoms with Crippen LogP contribution in [0.25, 0.3) is 11.1 Å². The normalized spacial score (nSPS) is 23.2. The topological polar surface area (TPSA) is 84.1 Å². The van der Waals surface area contributed by atoms with Crippen LogP contribution in [0.4, 0.5) is 5.95 Å². The molecule has 3 N–H and O–H groups in total. The van der Waals surface area contributed by atoms with Gasteiger partial charge in [0, 0.05) is 49.1 Å².